The summed E-state index contributed by atoms with van der Waals surface area (Å²) < 4.78 is 37.1. The molecule has 1 saturated heterocycles. The van der Waals surface area contributed by atoms with Crippen molar-refractivity contribution in [3.63, 3.8) is 0 Å². The molecular weight excluding hydrogens is 281 g/mol. The van der Waals surface area contributed by atoms with E-state index in [0.29, 0.717) is 30.8 Å². The Balaban J connectivity index is 2.13. The topological polar surface area (TPSA) is 32.3 Å². The van der Waals surface area contributed by atoms with Gasteiger partial charge < -0.3 is 10.2 Å². The molecule has 1 fully saturated rings. The van der Waals surface area contributed by atoms with Crippen LogP contribution in [0.15, 0.2) is 24.3 Å². The second-order valence-corrected chi connectivity index (χ2v) is 5.38. The number of nitrogens with one attached hydrogen (secondary N) is 1. The number of rotatable bonds is 3. The second-order valence-electron chi connectivity index (χ2n) is 5.38. The number of aryl methyl sites for hydroxylation is 1. The van der Waals surface area contributed by atoms with Crippen molar-refractivity contribution in [3.05, 3.63) is 35.4 Å². The summed E-state index contributed by atoms with van der Waals surface area (Å²) in [5.74, 6) is -0.180. The Hall–Kier alpha value is -1.56. The summed E-state index contributed by atoms with van der Waals surface area (Å²) in [6, 6.07) is 6.77. The van der Waals surface area contributed by atoms with Gasteiger partial charge in [0.25, 0.3) is 5.91 Å². The maximum absolute atomic E-state index is 12.5. The summed E-state index contributed by atoms with van der Waals surface area (Å²) in [4.78, 5) is 14.2. The molecule has 1 aliphatic heterocycles. The fraction of sp³-hybridized carbons (Fsp3) is 0.533. The molecule has 1 atom stereocenters. The molecule has 0 spiro atoms. The zero-order valence-corrected chi connectivity index (χ0v) is 11.9. The summed E-state index contributed by atoms with van der Waals surface area (Å²) in [6.07, 6.45) is -5.28. The molecule has 1 aromatic carbocycles. The van der Waals surface area contributed by atoms with Gasteiger partial charge in [0.1, 0.15) is 0 Å². The van der Waals surface area contributed by atoms with Crippen molar-refractivity contribution in [3.8, 4) is 0 Å². The van der Waals surface area contributed by atoms with Gasteiger partial charge in [-0.05, 0) is 25.0 Å². The summed E-state index contributed by atoms with van der Waals surface area (Å²) in [5, 5.41) is 3.24. The minimum Gasteiger partial charge on any atom is -0.336 e. The van der Waals surface area contributed by atoms with Gasteiger partial charge >= 0.3 is 6.18 Å². The fourth-order valence-electron chi connectivity index (χ4n) is 2.51. The Labute approximate surface area is 122 Å². The van der Waals surface area contributed by atoms with Gasteiger partial charge in [0.05, 0.1) is 0 Å². The number of carbonyl (C=O) groups is 1. The number of carbonyl (C=O) groups excluding carboxylic acids is 1. The van der Waals surface area contributed by atoms with E-state index in [2.05, 4.69) is 5.32 Å². The Bertz CT molecular complexity index is 502. The van der Waals surface area contributed by atoms with E-state index in [1.54, 1.807) is 29.2 Å². The number of hydrogen-bond donors (Lipinski definition) is 1. The van der Waals surface area contributed by atoms with E-state index in [-0.39, 0.29) is 18.4 Å². The van der Waals surface area contributed by atoms with Crippen molar-refractivity contribution < 1.29 is 18.0 Å². The summed E-state index contributed by atoms with van der Waals surface area (Å²) in [5.41, 5.74) is 0.849. The van der Waals surface area contributed by atoms with Crippen LogP contribution in [0.4, 0.5) is 13.2 Å². The largest absolute Gasteiger partial charge is 0.389 e. The van der Waals surface area contributed by atoms with Crippen molar-refractivity contribution >= 4 is 5.91 Å². The first-order valence-electron chi connectivity index (χ1n) is 7.04. The Morgan fingerprint density at radius 2 is 2.10 bits per heavy atom. The molecule has 0 bridgehead atoms. The van der Waals surface area contributed by atoms with Gasteiger partial charge in [0, 0.05) is 37.7 Å². The van der Waals surface area contributed by atoms with Crippen LogP contribution in [-0.2, 0) is 6.42 Å². The van der Waals surface area contributed by atoms with Gasteiger partial charge in [-0.1, -0.05) is 18.2 Å². The summed E-state index contributed by atoms with van der Waals surface area (Å²) in [7, 11) is 0. The number of alkyl halides is 3. The van der Waals surface area contributed by atoms with E-state index in [0.717, 1.165) is 0 Å². The number of hydrogen-bond acceptors (Lipinski definition) is 2. The lowest BCUT2D eigenvalue weighted by Crippen LogP contribution is -2.51. The molecule has 2 rings (SSSR count). The molecule has 116 valence electrons. The molecule has 3 nitrogen and oxygen atoms in total. The van der Waals surface area contributed by atoms with E-state index < -0.39 is 12.6 Å². The van der Waals surface area contributed by atoms with E-state index in [9.17, 15) is 18.0 Å². The van der Waals surface area contributed by atoms with Gasteiger partial charge in [0.15, 0.2) is 0 Å². The number of amides is 1. The summed E-state index contributed by atoms with van der Waals surface area (Å²) >= 11 is 0. The third kappa shape index (κ3) is 4.46. The van der Waals surface area contributed by atoms with Crippen LogP contribution in [0.1, 0.15) is 29.3 Å². The van der Waals surface area contributed by atoms with E-state index >= 15 is 0 Å². The zero-order chi connectivity index (χ0) is 15.5. The van der Waals surface area contributed by atoms with Gasteiger partial charge in [0.2, 0.25) is 0 Å². The van der Waals surface area contributed by atoms with E-state index in [4.69, 9.17) is 0 Å². The molecule has 0 saturated carbocycles. The monoisotopic (exact) mass is 300 g/mol. The highest BCUT2D eigenvalue weighted by Crippen LogP contribution is 2.24. The Morgan fingerprint density at radius 3 is 2.76 bits per heavy atom. The number of piperazine rings is 1. The predicted molar refractivity (Wildman–Crippen MR) is 74.2 cm³/mol. The quantitative estimate of drug-likeness (QED) is 0.930. The molecule has 0 aromatic heterocycles. The third-order valence-electron chi connectivity index (χ3n) is 3.58. The molecule has 21 heavy (non-hydrogen) atoms. The smallest absolute Gasteiger partial charge is 0.336 e. The average molecular weight is 300 g/mol. The number of nitrogens with zero attached hydrogens (tertiary/aromatic N) is 1. The molecule has 1 aliphatic rings. The van der Waals surface area contributed by atoms with Crippen LogP contribution in [0.25, 0.3) is 0 Å². The molecule has 1 aromatic rings. The van der Waals surface area contributed by atoms with E-state index in [1.807, 2.05) is 6.92 Å². The van der Waals surface area contributed by atoms with Crippen LogP contribution in [0, 0.1) is 0 Å². The predicted octanol–water partition coefficient (Wildman–Crippen LogP) is 2.62. The van der Waals surface area contributed by atoms with E-state index in [1.165, 1.54) is 0 Å². The average Bonchev–Trinajstić information content (AvgIpc) is 2.44. The first-order chi connectivity index (χ1) is 9.87. The normalized spacial score (nSPS) is 19.6. The highest BCUT2D eigenvalue weighted by Gasteiger charge is 2.28. The fourth-order valence-corrected chi connectivity index (χ4v) is 2.51. The lowest BCUT2D eigenvalue weighted by molar-refractivity contribution is -0.134. The molecule has 1 N–H and O–H groups in total. The zero-order valence-electron chi connectivity index (χ0n) is 11.9. The van der Waals surface area contributed by atoms with Crippen LogP contribution >= 0.6 is 0 Å². The van der Waals surface area contributed by atoms with Crippen molar-refractivity contribution in [1.29, 1.82) is 0 Å². The SMILES string of the molecule is C[C@@H]1CN(C(=O)c2ccccc2CCC(F)(F)F)CCN1. The third-order valence-corrected chi connectivity index (χ3v) is 3.58. The van der Waals surface area contributed by atoms with Crippen LogP contribution in [0.2, 0.25) is 0 Å². The summed E-state index contributed by atoms with van der Waals surface area (Å²) in [6.45, 7) is 3.84. The lowest BCUT2D eigenvalue weighted by atomic mass is 10.0. The first kappa shape index (κ1) is 15.8. The number of benzene rings is 1. The van der Waals surface area contributed by atoms with Gasteiger partial charge in [-0.3, -0.25) is 4.79 Å². The van der Waals surface area contributed by atoms with Crippen molar-refractivity contribution in [2.75, 3.05) is 19.6 Å². The van der Waals surface area contributed by atoms with Crippen LogP contribution in [0.3, 0.4) is 0 Å². The molecule has 1 amide bonds. The van der Waals surface area contributed by atoms with Crippen LogP contribution < -0.4 is 5.32 Å². The van der Waals surface area contributed by atoms with Crippen molar-refractivity contribution in [2.24, 2.45) is 0 Å². The van der Waals surface area contributed by atoms with Crippen molar-refractivity contribution in [2.45, 2.75) is 32.0 Å². The minimum absolute atomic E-state index is 0.160. The van der Waals surface area contributed by atoms with Crippen molar-refractivity contribution in [1.82, 2.24) is 10.2 Å². The molecule has 0 unspecified atom stereocenters. The molecular formula is C15H19F3N2O. The first-order valence-corrected chi connectivity index (χ1v) is 7.04. The van der Waals surface area contributed by atoms with Gasteiger partial charge in [-0.15, -0.1) is 0 Å². The van der Waals surface area contributed by atoms with Gasteiger partial charge in [-0.2, -0.15) is 13.2 Å². The van der Waals surface area contributed by atoms with Crippen LogP contribution in [-0.4, -0.2) is 42.7 Å². The molecule has 0 radical (unpaired) electrons. The minimum atomic E-state index is -4.21. The maximum Gasteiger partial charge on any atom is 0.389 e. The highest BCUT2D eigenvalue weighted by atomic mass is 19.4. The van der Waals surface area contributed by atoms with Gasteiger partial charge in [-0.25, -0.2) is 0 Å². The molecule has 0 aliphatic carbocycles. The number of halogens is 3. The standard InChI is InChI=1S/C15H19F3N2O/c1-11-10-20(9-8-19-11)14(21)13-5-3-2-4-12(13)6-7-15(16,17)18/h2-5,11,19H,6-10H2,1H3/t11-/m1/s1. The molecule has 1 heterocycles. The highest BCUT2D eigenvalue weighted by molar-refractivity contribution is 5.95. The Kier molecular flexibility index (Phi) is 4.88. The second kappa shape index (κ2) is 6.47. The molecule has 6 heteroatoms. The van der Waals surface area contributed by atoms with Crippen LogP contribution in [0.5, 0.6) is 0 Å². The lowest BCUT2D eigenvalue weighted by Gasteiger charge is -2.32. The Morgan fingerprint density at radius 1 is 1.38 bits per heavy atom. The maximum atomic E-state index is 12.5.